The molecule has 0 aliphatic rings. The summed E-state index contributed by atoms with van der Waals surface area (Å²) < 4.78 is 91.6. The van der Waals surface area contributed by atoms with Crippen molar-refractivity contribution < 1.29 is 70.2 Å². The van der Waals surface area contributed by atoms with Crippen LogP contribution in [0.15, 0.2) is 83.8 Å². The standard InChI is InChI=1S/C24H26N6O3S.2C2HF3O2/c25-22(26)18-8-6-17(7-9-18)15-29-24(31)21(14-16-4-2-1-3-5-16)30-34(32,33)20-12-10-19(11-13-20)23(27)28;2*3-2(4,5)1(6)7/h1-13,21,30H,14-15H2,(H3,25,26)(H3,27,28)(H,29,31);2*(H,6,7)/t21-;;/m0../s1. The highest BCUT2D eigenvalue weighted by Gasteiger charge is 2.29. The average molecular weight is 707 g/mol. The summed E-state index contributed by atoms with van der Waals surface area (Å²) >= 11 is 0. The van der Waals surface area contributed by atoms with Crippen molar-refractivity contribution in [1.29, 1.82) is 0 Å². The summed E-state index contributed by atoms with van der Waals surface area (Å²) in [7, 11) is -4.00. The number of halogens is 6. The van der Waals surface area contributed by atoms with E-state index in [1.807, 2.05) is 30.3 Å². The number of hydrogen-bond donors (Lipinski definition) is 6. The fourth-order valence-electron chi connectivity index (χ4n) is 3.25. The number of hydrogen-bond acceptors (Lipinski definition) is 7. The van der Waals surface area contributed by atoms with Crippen LogP contribution in [0, 0.1) is 0 Å². The molecule has 1 amide bonds. The van der Waals surface area contributed by atoms with Gasteiger partial charge in [0.25, 0.3) is 11.7 Å². The summed E-state index contributed by atoms with van der Waals surface area (Å²) in [6.07, 6.45) is -10.2. The molecule has 0 saturated carbocycles. The molecule has 260 valence electrons. The minimum absolute atomic E-state index is 0.00502. The SMILES string of the molecule is NC(=[NH2+])c1ccc(CNC(=O)[C@H](Cc2ccccc2)NS(=O)(=O)c2ccc(C(N)=[NH2+])cc2)cc1.O=C([O-])C(F)(F)F.O=C([O-])C(F)(F)F. The maximum absolute atomic E-state index is 13.0. The number of nitrogens with one attached hydrogen (secondary N) is 2. The Morgan fingerprint density at radius 2 is 1.10 bits per heavy atom. The van der Waals surface area contributed by atoms with Crippen LogP contribution in [-0.4, -0.2) is 56.3 Å². The van der Waals surface area contributed by atoms with Crippen LogP contribution >= 0.6 is 0 Å². The lowest BCUT2D eigenvalue weighted by Crippen LogP contribution is -2.48. The Morgan fingerprint density at radius 3 is 1.48 bits per heavy atom. The number of carboxylic acid groups (broad SMARTS) is 2. The fourth-order valence-corrected chi connectivity index (χ4v) is 4.44. The normalized spacial score (nSPS) is 11.8. The largest absolute Gasteiger partial charge is 0.542 e. The van der Waals surface area contributed by atoms with E-state index in [2.05, 4.69) is 10.0 Å². The average Bonchev–Trinajstić information content (AvgIpc) is 3.00. The summed E-state index contributed by atoms with van der Waals surface area (Å²) in [6, 6.07) is 21.0. The maximum atomic E-state index is 13.0. The zero-order valence-corrected chi connectivity index (χ0v) is 25.2. The highest BCUT2D eigenvalue weighted by Crippen LogP contribution is 2.14. The number of carbonyl (C=O) groups excluding carboxylic acids is 3. The minimum atomic E-state index is -5.19. The van der Waals surface area contributed by atoms with Gasteiger partial charge in [0, 0.05) is 6.54 Å². The maximum Gasteiger partial charge on any atom is 0.430 e. The fraction of sp³-hybridized carbons (Fsp3) is 0.179. The molecule has 3 rings (SSSR count). The van der Waals surface area contributed by atoms with Gasteiger partial charge >= 0.3 is 12.4 Å². The quantitative estimate of drug-likeness (QED) is 0.0691. The molecule has 3 aromatic carbocycles. The van der Waals surface area contributed by atoms with Crippen LogP contribution in [0.4, 0.5) is 26.3 Å². The number of rotatable bonds is 10. The van der Waals surface area contributed by atoms with E-state index in [9.17, 15) is 39.6 Å². The predicted octanol–water partition coefficient (Wildman–Crippen LogP) is -3.58. The van der Waals surface area contributed by atoms with Gasteiger partial charge in [-0.2, -0.15) is 31.1 Å². The first-order chi connectivity index (χ1) is 22.0. The van der Waals surface area contributed by atoms with Gasteiger partial charge < -0.3 is 25.1 Å². The summed E-state index contributed by atoms with van der Waals surface area (Å²) in [5, 5.41) is 31.5. The summed E-state index contributed by atoms with van der Waals surface area (Å²) in [4.78, 5) is 30.6. The van der Waals surface area contributed by atoms with Crippen molar-refractivity contribution in [3.8, 4) is 0 Å². The number of carbonyl (C=O) groups is 3. The Morgan fingerprint density at radius 1 is 0.708 bits per heavy atom. The summed E-state index contributed by atoms with van der Waals surface area (Å²) in [6.45, 7) is 0.205. The summed E-state index contributed by atoms with van der Waals surface area (Å²) in [5.74, 6) is -6.19. The molecular weight excluding hydrogens is 678 g/mol. The monoisotopic (exact) mass is 706 g/mol. The number of amidine groups is 2. The molecular formula is C28H28F6N6O7S. The van der Waals surface area contributed by atoms with E-state index in [0.29, 0.717) is 11.1 Å². The lowest BCUT2D eigenvalue weighted by Gasteiger charge is -2.19. The number of alkyl halides is 6. The third-order valence-electron chi connectivity index (χ3n) is 5.61. The second kappa shape index (κ2) is 17.4. The number of amides is 1. The van der Waals surface area contributed by atoms with Crippen molar-refractivity contribution in [3.63, 3.8) is 0 Å². The van der Waals surface area contributed by atoms with Gasteiger partial charge in [-0.05, 0) is 53.9 Å². The number of nitrogens with two attached hydrogens (primary N) is 4. The Hall–Kier alpha value is -5.50. The molecule has 0 heterocycles. The summed E-state index contributed by atoms with van der Waals surface area (Å²) in [5.41, 5.74) is 13.9. The number of benzene rings is 3. The number of aliphatic carboxylic acids is 2. The molecule has 20 heteroatoms. The van der Waals surface area contributed by atoms with E-state index in [1.165, 1.54) is 24.3 Å². The minimum Gasteiger partial charge on any atom is -0.542 e. The Bertz CT molecular complexity index is 1660. The Labute approximate surface area is 268 Å². The lowest BCUT2D eigenvalue weighted by atomic mass is 10.1. The number of carboxylic acids is 2. The molecule has 48 heavy (non-hydrogen) atoms. The Balaban J connectivity index is 0.000000687. The molecule has 0 aliphatic carbocycles. The van der Waals surface area contributed by atoms with Gasteiger partial charge in [-0.15, -0.1) is 0 Å². The number of sulfonamides is 1. The van der Waals surface area contributed by atoms with Gasteiger partial charge in [0.1, 0.15) is 18.0 Å². The molecule has 10 N–H and O–H groups in total. The first-order valence-corrected chi connectivity index (χ1v) is 14.4. The van der Waals surface area contributed by atoms with Crippen molar-refractivity contribution in [2.75, 3.05) is 0 Å². The molecule has 0 spiro atoms. The zero-order valence-electron chi connectivity index (χ0n) is 24.3. The molecule has 0 aliphatic heterocycles. The van der Waals surface area contributed by atoms with E-state index in [4.69, 9.17) is 42.1 Å². The van der Waals surface area contributed by atoms with Gasteiger partial charge in [0.05, 0.1) is 16.0 Å². The molecule has 0 aromatic heterocycles. The first-order valence-electron chi connectivity index (χ1n) is 12.9. The first kappa shape index (κ1) is 40.5. The van der Waals surface area contributed by atoms with Gasteiger partial charge in [-0.25, -0.2) is 8.42 Å². The van der Waals surface area contributed by atoms with Gasteiger partial charge in [-0.3, -0.25) is 27.1 Å². The van der Waals surface area contributed by atoms with Crippen molar-refractivity contribution in [3.05, 3.63) is 101 Å². The molecule has 1 atom stereocenters. The zero-order chi connectivity index (χ0) is 36.9. The van der Waals surface area contributed by atoms with Crippen molar-refractivity contribution in [2.24, 2.45) is 11.5 Å². The van der Waals surface area contributed by atoms with Crippen LogP contribution in [0.1, 0.15) is 22.3 Å². The van der Waals surface area contributed by atoms with Crippen LogP contribution in [0.3, 0.4) is 0 Å². The van der Waals surface area contributed by atoms with E-state index in [-0.39, 0.29) is 29.5 Å². The van der Waals surface area contributed by atoms with Gasteiger partial charge in [0.15, 0.2) is 0 Å². The molecule has 0 fully saturated rings. The third kappa shape index (κ3) is 14.3. The molecule has 0 unspecified atom stereocenters. The predicted molar refractivity (Wildman–Crippen MR) is 152 cm³/mol. The second-order valence-electron chi connectivity index (χ2n) is 9.28. The Kier molecular flexibility index (Phi) is 14.7. The topological polar surface area (TPSA) is 259 Å². The van der Waals surface area contributed by atoms with Crippen molar-refractivity contribution >= 4 is 39.5 Å². The molecule has 13 nitrogen and oxygen atoms in total. The molecule has 3 aromatic rings. The van der Waals surface area contributed by atoms with Crippen LogP contribution < -0.4 is 42.5 Å². The van der Waals surface area contributed by atoms with Gasteiger partial charge in [-0.1, -0.05) is 42.5 Å². The lowest BCUT2D eigenvalue weighted by molar-refractivity contribution is -0.344. The van der Waals surface area contributed by atoms with Crippen LogP contribution in [0.25, 0.3) is 0 Å². The van der Waals surface area contributed by atoms with Crippen molar-refractivity contribution in [1.82, 2.24) is 10.0 Å². The highest BCUT2D eigenvalue weighted by atomic mass is 32.2. The third-order valence-corrected chi connectivity index (χ3v) is 7.10. The molecule has 0 saturated heterocycles. The van der Waals surface area contributed by atoms with Crippen molar-refractivity contribution in [2.45, 2.75) is 36.3 Å². The van der Waals surface area contributed by atoms with E-state index < -0.39 is 46.3 Å². The van der Waals surface area contributed by atoms with E-state index in [1.54, 1.807) is 24.3 Å². The van der Waals surface area contributed by atoms with Crippen LogP contribution in [0.2, 0.25) is 0 Å². The smallest absolute Gasteiger partial charge is 0.430 e. The van der Waals surface area contributed by atoms with E-state index >= 15 is 0 Å². The molecule has 0 bridgehead atoms. The van der Waals surface area contributed by atoms with Crippen LogP contribution in [0.5, 0.6) is 0 Å². The van der Waals surface area contributed by atoms with Gasteiger partial charge in [0.2, 0.25) is 15.9 Å². The second-order valence-corrected chi connectivity index (χ2v) is 11.0. The van der Waals surface area contributed by atoms with E-state index in [0.717, 1.165) is 11.1 Å². The molecule has 0 radical (unpaired) electrons. The van der Waals surface area contributed by atoms with Crippen LogP contribution in [-0.2, 0) is 37.4 Å². The highest BCUT2D eigenvalue weighted by molar-refractivity contribution is 7.89.